The second kappa shape index (κ2) is 4.68. The van der Waals surface area contributed by atoms with Crippen LogP contribution in [0.25, 0.3) is 0 Å². The predicted molar refractivity (Wildman–Crippen MR) is 52.9 cm³/mol. The second-order valence-electron chi connectivity index (χ2n) is 2.40. The van der Waals surface area contributed by atoms with Gasteiger partial charge >= 0.3 is 0 Å². The lowest BCUT2D eigenvalue weighted by atomic mass is 10.1. The monoisotopic (exact) mass is 186 g/mol. The van der Waals surface area contributed by atoms with Crippen molar-refractivity contribution < 1.29 is 0 Å². The van der Waals surface area contributed by atoms with Gasteiger partial charge in [0.1, 0.15) is 0 Å². The van der Waals surface area contributed by atoms with Crippen LogP contribution in [0, 0.1) is 0 Å². The van der Waals surface area contributed by atoms with Crippen molar-refractivity contribution in [3.05, 3.63) is 35.9 Å². The minimum absolute atomic E-state index is 0.442. The minimum Gasteiger partial charge on any atom is -0.0640 e. The molecule has 0 bridgehead atoms. The van der Waals surface area contributed by atoms with Crippen LogP contribution in [0.3, 0.4) is 0 Å². The number of hydrogen-bond donors (Lipinski definition) is 0. The van der Waals surface area contributed by atoms with Crippen molar-refractivity contribution in [2.24, 2.45) is 0 Å². The van der Waals surface area contributed by atoms with E-state index in [2.05, 4.69) is 19.1 Å². The van der Waals surface area contributed by atoms with Gasteiger partial charge in [0.25, 0.3) is 0 Å². The number of rotatable bonds is 3. The molecule has 0 aliphatic carbocycles. The molecular formula is C9H11ClS. The Bertz CT molecular complexity index is 194. The molecule has 0 heterocycles. The van der Waals surface area contributed by atoms with Crippen molar-refractivity contribution in [1.29, 1.82) is 0 Å². The molecule has 0 amide bonds. The first kappa shape index (κ1) is 8.95. The molecule has 0 N–H and O–H groups in total. The van der Waals surface area contributed by atoms with E-state index in [0.29, 0.717) is 5.25 Å². The number of hydrogen-bond acceptors (Lipinski definition) is 1. The van der Waals surface area contributed by atoms with Crippen molar-refractivity contribution in [3.63, 3.8) is 0 Å². The zero-order valence-corrected chi connectivity index (χ0v) is 8.03. The molecule has 11 heavy (non-hydrogen) atoms. The van der Waals surface area contributed by atoms with Gasteiger partial charge < -0.3 is 0 Å². The van der Waals surface area contributed by atoms with E-state index in [-0.39, 0.29) is 0 Å². The fourth-order valence-corrected chi connectivity index (χ4v) is 2.09. The van der Waals surface area contributed by atoms with E-state index in [1.165, 1.54) is 16.5 Å². The van der Waals surface area contributed by atoms with Gasteiger partial charge in [0.15, 0.2) is 0 Å². The van der Waals surface area contributed by atoms with Crippen LogP contribution in [0.15, 0.2) is 30.3 Å². The molecule has 1 aromatic carbocycles. The molecule has 1 atom stereocenters. The summed E-state index contributed by atoms with van der Waals surface area (Å²) in [7, 11) is 7.11. The average molecular weight is 187 g/mol. The van der Waals surface area contributed by atoms with Gasteiger partial charge in [-0.25, -0.2) is 0 Å². The zero-order valence-electron chi connectivity index (χ0n) is 6.46. The number of halogens is 1. The molecule has 0 aliphatic rings. The summed E-state index contributed by atoms with van der Waals surface area (Å²) < 4.78 is 0. The number of benzene rings is 1. The lowest BCUT2D eigenvalue weighted by Crippen LogP contribution is -1.87. The molecule has 0 radical (unpaired) electrons. The normalized spacial score (nSPS) is 12.9. The van der Waals surface area contributed by atoms with E-state index in [4.69, 9.17) is 10.7 Å². The minimum atomic E-state index is 0.442. The molecule has 0 aliphatic heterocycles. The summed E-state index contributed by atoms with van der Waals surface area (Å²) in [6.07, 6.45) is 1.08. The van der Waals surface area contributed by atoms with E-state index < -0.39 is 0 Å². The molecule has 0 saturated heterocycles. The summed E-state index contributed by atoms with van der Waals surface area (Å²) in [5.74, 6) is 0. The summed E-state index contributed by atoms with van der Waals surface area (Å²) in [6, 6.07) is 10.3. The lowest BCUT2D eigenvalue weighted by Gasteiger charge is -2.09. The van der Waals surface area contributed by atoms with Crippen molar-refractivity contribution in [1.82, 2.24) is 0 Å². The topological polar surface area (TPSA) is 0 Å². The maximum atomic E-state index is 5.72. The zero-order chi connectivity index (χ0) is 8.10. The molecule has 2 heteroatoms. The lowest BCUT2D eigenvalue weighted by molar-refractivity contribution is 0.901. The quantitative estimate of drug-likeness (QED) is 0.687. The third-order valence-electron chi connectivity index (χ3n) is 1.65. The smallest absolute Gasteiger partial charge is 0.0446 e. The van der Waals surface area contributed by atoms with Crippen molar-refractivity contribution in [2.75, 3.05) is 0 Å². The van der Waals surface area contributed by atoms with E-state index in [1.807, 2.05) is 18.2 Å². The van der Waals surface area contributed by atoms with Crippen LogP contribution >= 0.6 is 21.7 Å². The van der Waals surface area contributed by atoms with Crippen LogP contribution in [0.1, 0.15) is 24.2 Å². The van der Waals surface area contributed by atoms with Crippen LogP contribution < -0.4 is 0 Å². The third-order valence-corrected chi connectivity index (χ3v) is 3.12. The Kier molecular flexibility index (Phi) is 3.81. The van der Waals surface area contributed by atoms with Gasteiger partial charge in [-0.15, -0.1) is 0 Å². The Morgan fingerprint density at radius 1 is 1.36 bits per heavy atom. The van der Waals surface area contributed by atoms with Crippen LogP contribution in [-0.4, -0.2) is 0 Å². The fourth-order valence-electron chi connectivity index (χ4n) is 1.02. The Balaban J connectivity index is 2.74. The van der Waals surface area contributed by atoms with E-state index in [1.54, 1.807) is 0 Å². The van der Waals surface area contributed by atoms with Gasteiger partial charge in [0.05, 0.1) is 0 Å². The Labute approximate surface area is 76.5 Å². The summed E-state index contributed by atoms with van der Waals surface area (Å²) in [5.41, 5.74) is 1.31. The van der Waals surface area contributed by atoms with Crippen LogP contribution in [0.2, 0.25) is 0 Å². The summed E-state index contributed by atoms with van der Waals surface area (Å²) in [6.45, 7) is 2.15. The predicted octanol–water partition coefficient (Wildman–Crippen LogP) is 4.02. The second-order valence-corrected chi connectivity index (χ2v) is 3.68. The highest BCUT2D eigenvalue weighted by atomic mass is 35.7. The fraction of sp³-hybridized carbons (Fsp3) is 0.333. The maximum Gasteiger partial charge on any atom is 0.0446 e. The van der Waals surface area contributed by atoms with E-state index in [9.17, 15) is 0 Å². The van der Waals surface area contributed by atoms with E-state index in [0.717, 1.165) is 6.42 Å². The summed E-state index contributed by atoms with van der Waals surface area (Å²) in [4.78, 5) is 0. The van der Waals surface area contributed by atoms with Gasteiger partial charge in [0, 0.05) is 5.25 Å². The van der Waals surface area contributed by atoms with Gasteiger partial charge in [-0.05, 0) is 33.6 Å². The molecule has 0 aromatic heterocycles. The van der Waals surface area contributed by atoms with Gasteiger partial charge in [0.2, 0.25) is 0 Å². The first-order valence-corrected chi connectivity index (χ1v) is 5.41. The molecule has 1 unspecified atom stereocenters. The van der Waals surface area contributed by atoms with Crippen molar-refractivity contribution in [3.8, 4) is 0 Å². The molecule has 1 aromatic rings. The first-order chi connectivity index (χ1) is 5.38. The summed E-state index contributed by atoms with van der Waals surface area (Å²) in [5, 5.41) is 0.442. The molecule has 0 fully saturated rings. The third kappa shape index (κ3) is 2.42. The van der Waals surface area contributed by atoms with Crippen molar-refractivity contribution >= 4 is 21.7 Å². The maximum absolute atomic E-state index is 5.72. The average Bonchev–Trinajstić information content (AvgIpc) is 2.09. The highest BCUT2D eigenvalue weighted by molar-refractivity contribution is 8.21. The molecule has 0 spiro atoms. The van der Waals surface area contributed by atoms with E-state index >= 15 is 0 Å². The SMILES string of the molecule is CCC(SCl)c1ccccc1. The Morgan fingerprint density at radius 2 is 2.00 bits per heavy atom. The molecule has 0 saturated carbocycles. The van der Waals surface area contributed by atoms with Gasteiger partial charge in [-0.2, -0.15) is 0 Å². The molecule has 0 nitrogen and oxygen atoms in total. The van der Waals surface area contributed by atoms with Gasteiger partial charge in [-0.1, -0.05) is 37.3 Å². The van der Waals surface area contributed by atoms with Crippen molar-refractivity contribution in [2.45, 2.75) is 18.6 Å². The summed E-state index contributed by atoms with van der Waals surface area (Å²) >= 11 is 0. The highest BCUT2D eigenvalue weighted by Gasteiger charge is 2.06. The standard InChI is InChI=1S/C9H11ClS/c1-2-9(11-10)8-6-4-3-5-7-8/h3-7,9H,2H2,1H3. The van der Waals surface area contributed by atoms with Crippen LogP contribution in [0.5, 0.6) is 0 Å². The molecule has 60 valence electrons. The van der Waals surface area contributed by atoms with Crippen LogP contribution in [0.4, 0.5) is 0 Å². The van der Waals surface area contributed by atoms with Gasteiger partial charge in [-0.3, -0.25) is 0 Å². The molecule has 1 rings (SSSR count). The first-order valence-electron chi connectivity index (χ1n) is 3.70. The highest BCUT2D eigenvalue weighted by Crippen LogP contribution is 2.33. The van der Waals surface area contributed by atoms with Crippen LogP contribution in [-0.2, 0) is 0 Å². The Hall–Kier alpha value is -0.140. The molecular weight excluding hydrogens is 176 g/mol. The Morgan fingerprint density at radius 3 is 2.45 bits per heavy atom. The largest absolute Gasteiger partial charge is 0.0640 e.